The summed E-state index contributed by atoms with van der Waals surface area (Å²) in [7, 11) is 0. The zero-order valence-corrected chi connectivity index (χ0v) is 13.0. The lowest BCUT2D eigenvalue weighted by Crippen LogP contribution is -2.34. The fourth-order valence-corrected chi connectivity index (χ4v) is 2.22. The number of rotatable bonds is 8. The van der Waals surface area contributed by atoms with Crippen LogP contribution in [-0.2, 0) is 11.2 Å². The van der Waals surface area contributed by atoms with Crippen LogP contribution in [0, 0.1) is 12.3 Å². The fraction of sp³-hybridized carbons (Fsp3) is 0.588. The number of benzene rings is 1. The summed E-state index contributed by atoms with van der Waals surface area (Å²) < 4.78 is 0. The third kappa shape index (κ3) is 6.71. The van der Waals surface area contributed by atoms with Gasteiger partial charge in [-0.1, -0.05) is 43.7 Å². The number of hydrogen-bond donors (Lipinski definition) is 2. The Morgan fingerprint density at radius 3 is 2.75 bits per heavy atom. The van der Waals surface area contributed by atoms with Gasteiger partial charge in [-0.15, -0.1) is 0 Å². The van der Waals surface area contributed by atoms with E-state index in [1.165, 1.54) is 11.1 Å². The molecule has 112 valence electrons. The molecule has 1 rings (SSSR count). The fourth-order valence-electron chi connectivity index (χ4n) is 2.22. The molecule has 1 amide bonds. The van der Waals surface area contributed by atoms with Crippen molar-refractivity contribution in [1.82, 2.24) is 5.32 Å². The van der Waals surface area contributed by atoms with Crippen molar-refractivity contribution in [2.75, 3.05) is 13.1 Å². The third-order valence-corrected chi connectivity index (χ3v) is 3.55. The Morgan fingerprint density at radius 2 is 2.10 bits per heavy atom. The van der Waals surface area contributed by atoms with E-state index >= 15 is 0 Å². The monoisotopic (exact) mass is 276 g/mol. The van der Waals surface area contributed by atoms with Gasteiger partial charge in [-0.25, -0.2) is 0 Å². The summed E-state index contributed by atoms with van der Waals surface area (Å²) in [5.74, 6) is 0.132. The van der Waals surface area contributed by atoms with Gasteiger partial charge in [-0.05, 0) is 43.7 Å². The maximum Gasteiger partial charge on any atom is 0.220 e. The molecule has 0 spiro atoms. The topological polar surface area (TPSA) is 55.1 Å². The van der Waals surface area contributed by atoms with Gasteiger partial charge in [-0.3, -0.25) is 4.79 Å². The summed E-state index contributed by atoms with van der Waals surface area (Å²) in [5.41, 5.74) is 8.12. The molecule has 3 heteroatoms. The molecule has 3 nitrogen and oxygen atoms in total. The van der Waals surface area contributed by atoms with Crippen LogP contribution in [0.5, 0.6) is 0 Å². The lowest BCUT2D eigenvalue weighted by Gasteiger charge is -2.24. The van der Waals surface area contributed by atoms with Crippen LogP contribution in [0.4, 0.5) is 0 Å². The molecule has 0 bridgehead atoms. The predicted octanol–water partition coefficient (Wildman–Crippen LogP) is 2.81. The molecule has 0 unspecified atom stereocenters. The van der Waals surface area contributed by atoms with Crippen LogP contribution in [0.25, 0.3) is 0 Å². The van der Waals surface area contributed by atoms with Crippen molar-refractivity contribution in [3.63, 3.8) is 0 Å². The minimum Gasteiger partial charge on any atom is -0.356 e. The van der Waals surface area contributed by atoms with Crippen molar-refractivity contribution < 1.29 is 4.79 Å². The minimum absolute atomic E-state index is 0.123. The van der Waals surface area contributed by atoms with E-state index < -0.39 is 0 Å². The first-order valence-corrected chi connectivity index (χ1v) is 7.45. The second-order valence-corrected chi connectivity index (χ2v) is 6.32. The molecular weight excluding hydrogens is 248 g/mol. The highest BCUT2D eigenvalue weighted by Crippen LogP contribution is 2.20. The maximum atomic E-state index is 11.9. The second kappa shape index (κ2) is 8.05. The number of amides is 1. The Labute approximate surface area is 122 Å². The zero-order chi connectivity index (χ0) is 15.0. The first-order chi connectivity index (χ1) is 9.43. The molecule has 0 heterocycles. The van der Waals surface area contributed by atoms with Gasteiger partial charge in [0.25, 0.3) is 0 Å². The molecule has 20 heavy (non-hydrogen) atoms. The van der Waals surface area contributed by atoms with Crippen molar-refractivity contribution in [3.8, 4) is 0 Å². The smallest absolute Gasteiger partial charge is 0.220 e. The van der Waals surface area contributed by atoms with Gasteiger partial charge in [0.1, 0.15) is 0 Å². The van der Waals surface area contributed by atoms with Crippen molar-refractivity contribution in [3.05, 3.63) is 35.4 Å². The molecule has 0 saturated carbocycles. The SMILES string of the molecule is Cc1cccc(CCC(=O)NCC(C)(C)CCCN)c1. The average Bonchev–Trinajstić information content (AvgIpc) is 2.41. The van der Waals surface area contributed by atoms with Gasteiger partial charge in [-0.2, -0.15) is 0 Å². The normalized spacial score (nSPS) is 11.4. The summed E-state index contributed by atoms with van der Waals surface area (Å²) in [4.78, 5) is 11.9. The number of nitrogens with two attached hydrogens (primary N) is 1. The molecule has 0 aliphatic carbocycles. The molecule has 0 atom stereocenters. The summed E-state index contributed by atoms with van der Waals surface area (Å²) >= 11 is 0. The first kappa shape index (κ1) is 16.7. The van der Waals surface area contributed by atoms with E-state index in [9.17, 15) is 4.79 Å². The van der Waals surface area contributed by atoms with Gasteiger partial charge in [0.05, 0.1) is 0 Å². The van der Waals surface area contributed by atoms with E-state index in [0.29, 0.717) is 13.0 Å². The van der Waals surface area contributed by atoms with Crippen LogP contribution in [0.2, 0.25) is 0 Å². The molecule has 0 aliphatic rings. The van der Waals surface area contributed by atoms with Crippen molar-refractivity contribution >= 4 is 5.91 Å². The van der Waals surface area contributed by atoms with E-state index in [1.54, 1.807) is 0 Å². The number of nitrogens with one attached hydrogen (secondary N) is 1. The summed E-state index contributed by atoms with van der Waals surface area (Å²) in [6, 6.07) is 8.33. The molecule has 3 N–H and O–H groups in total. The van der Waals surface area contributed by atoms with E-state index in [0.717, 1.165) is 25.8 Å². The van der Waals surface area contributed by atoms with Gasteiger partial charge < -0.3 is 11.1 Å². The zero-order valence-electron chi connectivity index (χ0n) is 13.0. The summed E-state index contributed by atoms with van der Waals surface area (Å²) in [6.07, 6.45) is 3.40. The van der Waals surface area contributed by atoms with E-state index in [4.69, 9.17) is 5.73 Å². The van der Waals surface area contributed by atoms with Crippen LogP contribution in [0.1, 0.15) is 44.2 Å². The molecule has 0 fully saturated rings. The molecule has 0 saturated heterocycles. The number of carbonyl (C=O) groups excluding carboxylic acids is 1. The lowest BCUT2D eigenvalue weighted by molar-refractivity contribution is -0.121. The molecule has 0 aromatic heterocycles. The van der Waals surface area contributed by atoms with Crippen LogP contribution in [0.15, 0.2) is 24.3 Å². The maximum absolute atomic E-state index is 11.9. The summed E-state index contributed by atoms with van der Waals surface area (Å²) in [5, 5.41) is 3.04. The Bertz CT molecular complexity index is 427. The number of aryl methyl sites for hydroxylation is 2. The molecule has 0 aliphatic heterocycles. The van der Waals surface area contributed by atoms with Gasteiger partial charge in [0.15, 0.2) is 0 Å². The highest BCUT2D eigenvalue weighted by Gasteiger charge is 2.17. The Kier molecular flexibility index (Phi) is 6.73. The first-order valence-electron chi connectivity index (χ1n) is 7.45. The quantitative estimate of drug-likeness (QED) is 0.767. The standard InChI is InChI=1S/C17H28N2O/c1-14-6-4-7-15(12-14)8-9-16(20)19-13-17(2,3)10-5-11-18/h4,6-7,12H,5,8-11,13,18H2,1-3H3,(H,19,20). The van der Waals surface area contributed by atoms with Crippen LogP contribution < -0.4 is 11.1 Å². The Morgan fingerprint density at radius 1 is 1.35 bits per heavy atom. The van der Waals surface area contributed by atoms with E-state index in [2.05, 4.69) is 44.3 Å². The van der Waals surface area contributed by atoms with E-state index in [1.807, 2.05) is 6.07 Å². The summed E-state index contributed by atoms with van der Waals surface area (Å²) in [6.45, 7) is 7.85. The third-order valence-electron chi connectivity index (χ3n) is 3.55. The predicted molar refractivity (Wildman–Crippen MR) is 84.6 cm³/mol. The van der Waals surface area contributed by atoms with Crippen molar-refractivity contribution in [1.29, 1.82) is 0 Å². The Hall–Kier alpha value is -1.35. The molecular formula is C17H28N2O. The molecule has 1 aromatic carbocycles. The van der Waals surface area contributed by atoms with E-state index in [-0.39, 0.29) is 11.3 Å². The van der Waals surface area contributed by atoms with Gasteiger partial charge in [0.2, 0.25) is 5.91 Å². The van der Waals surface area contributed by atoms with Crippen LogP contribution in [-0.4, -0.2) is 19.0 Å². The number of hydrogen-bond acceptors (Lipinski definition) is 2. The van der Waals surface area contributed by atoms with Crippen molar-refractivity contribution in [2.24, 2.45) is 11.1 Å². The molecule has 0 radical (unpaired) electrons. The minimum atomic E-state index is 0.123. The van der Waals surface area contributed by atoms with Gasteiger partial charge in [0, 0.05) is 13.0 Å². The van der Waals surface area contributed by atoms with Gasteiger partial charge >= 0.3 is 0 Å². The lowest BCUT2D eigenvalue weighted by atomic mass is 9.87. The Balaban J connectivity index is 2.30. The van der Waals surface area contributed by atoms with Crippen molar-refractivity contribution in [2.45, 2.75) is 46.5 Å². The highest BCUT2D eigenvalue weighted by atomic mass is 16.1. The number of carbonyl (C=O) groups is 1. The highest BCUT2D eigenvalue weighted by molar-refractivity contribution is 5.76. The average molecular weight is 276 g/mol. The van der Waals surface area contributed by atoms with Crippen LogP contribution >= 0.6 is 0 Å². The largest absolute Gasteiger partial charge is 0.356 e. The second-order valence-electron chi connectivity index (χ2n) is 6.32. The van der Waals surface area contributed by atoms with Crippen LogP contribution in [0.3, 0.4) is 0 Å². The molecule has 1 aromatic rings.